The van der Waals surface area contributed by atoms with Crippen LogP contribution >= 0.6 is 11.3 Å². The lowest BCUT2D eigenvalue weighted by Gasteiger charge is -2.42. The maximum absolute atomic E-state index is 6.95. The Morgan fingerprint density at radius 3 is 1.78 bits per heavy atom. The van der Waals surface area contributed by atoms with Crippen LogP contribution in [0.3, 0.4) is 0 Å². The van der Waals surface area contributed by atoms with E-state index in [1.165, 1.54) is 20.2 Å². The number of rotatable bonds is 5. The second-order valence-corrected chi connectivity index (χ2v) is 13.8. The van der Waals surface area contributed by atoms with Crippen molar-refractivity contribution in [2.24, 2.45) is 0 Å². The number of benzene rings is 7. The van der Waals surface area contributed by atoms with E-state index in [0.717, 1.165) is 50.4 Å². The third kappa shape index (κ3) is 4.70. The minimum atomic E-state index is -0.647. The number of para-hydroxylation sites is 2. The molecule has 0 unspecified atom stereocenters. The predicted octanol–water partition coefficient (Wildman–Crippen LogP) is 11.7. The zero-order chi connectivity index (χ0) is 33.8. The van der Waals surface area contributed by atoms with Crippen molar-refractivity contribution >= 4 is 31.5 Å². The van der Waals surface area contributed by atoms with E-state index in [-0.39, 0.29) is 0 Å². The molecule has 240 valence electrons. The van der Waals surface area contributed by atoms with Crippen LogP contribution in [0.5, 0.6) is 11.5 Å². The van der Waals surface area contributed by atoms with Crippen molar-refractivity contribution in [2.45, 2.75) is 5.41 Å². The summed E-state index contributed by atoms with van der Waals surface area (Å²) in [5.74, 6) is 3.32. The molecule has 2 aromatic heterocycles. The molecule has 0 atom stereocenters. The second kappa shape index (κ2) is 11.9. The number of hydrogen-bond donors (Lipinski definition) is 0. The molecule has 0 spiro atoms. The molecule has 3 heterocycles. The summed E-state index contributed by atoms with van der Waals surface area (Å²) in [6, 6.07) is 61.3. The van der Waals surface area contributed by atoms with Gasteiger partial charge in [0, 0.05) is 42.4 Å². The van der Waals surface area contributed by atoms with E-state index in [2.05, 4.69) is 140 Å². The Morgan fingerprint density at radius 2 is 1.02 bits per heavy atom. The van der Waals surface area contributed by atoms with E-state index >= 15 is 0 Å². The van der Waals surface area contributed by atoms with E-state index in [9.17, 15) is 0 Å². The highest BCUT2D eigenvalue weighted by molar-refractivity contribution is 7.25. The molecule has 5 heteroatoms. The zero-order valence-corrected chi connectivity index (χ0v) is 28.2. The van der Waals surface area contributed by atoms with Gasteiger partial charge in [-0.3, -0.25) is 0 Å². The smallest absolute Gasteiger partial charge is 0.167 e. The first-order valence-electron chi connectivity index (χ1n) is 17.0. The highest BCUT2D eigenvalue weighted by Crippen LogP contribution is 2.57. The maximum Gasteiger partial charge on any atom is 0.167 e. The van der Waals surface area contributed by atoms with Crippen molar-refractivity contribution in [1.29, 1.82) is 0 Å². The van der Waals surface area contributed by atoms with Crippen LogP contribution in [0.25, 0.3) is 54.3 Å². The van der Waals surface area contributed by atoms with Gasteiger partial charge in [0.2, 0.25) is 0 Å². The summed E-state index contributed by atoms with van der Waals surface area (Å²) in [4.78, 5) is 15.5. The van der Waals surface area contributed by atoms with Gasteiger partial charge in [0.15, 0.2) is 17.5 Å². The molecule has 0 radical (unpaired) electrons. The number of hydrogen-bond acceptors (Lipinski definition) is 5. The summed E-state index contributed by atoms with van der Waals surface area (Å²) in [6.45, 7) is 0. The lowest BCUT2D eigenvalue weighted by atomic mass is 9.63. The number of ether oxygens (including phenoxy) is 1. The highest BCUT2D eigenvalue weighted by Gasteiger charge is 2.46. The van der Waals surface area contributed by atoms with Crippen molar-refractivity contribution in [1.82, 2.24) is 15.0 Å². The molecule has 1 aliphatic rings. The molecular weight excluding hydrogens is 643 g/mol. The number of thiophene rings is 1. The third-order valence-corrected chi connectivity index (χ3v) is 11.0. The molecule has 0 amide bonds. The van der Waals surface area contributed by atoms with Gasteiger partial charge >= 0.3 is 0 Å². The van der Waals surface area contributed by atoms with Crippen molar-refractivity contribution in [2.75, 3.05) is 0 Å². The fourth-order valence-corrected chi connectivity index (χ4v) is 8.70. The third-order valence-electron chi connectivity index (χ3n) is 9.88. The largest absolute Gasteiger partial charge is 0.456 e. The molecule has 0 N–H and O–H groups in total. The SMILES string of the molecule is c1ccc(-c2nc(-c3ccc4sc5ccccc5c4c3)nc(-c3cccc4c3Oc3ccccc3C4(c3ccccc3)c3ccccc3)n2)cc1. The van der Waals surface area contributed by atoms with Crippen LogP contribution in [-0.2, 0) is 5.41 Å². The van der Waals surface area contributed by atoms with Crippen LogP contribution in [0, 0.1) is 0 Å². The van der Waals surface area contributed by atoms with E-state index in [1.54, 1.807) is 11.3 Å². The van der Waals surface area contributed by atoms with Gasteiger partial charge in [0.25, 0.3) is 0 Å². The van der Waals surface area contributed by atoms with Gasteiger partial charge in [-0.2, -0.15) is 0 Å². The van der Waals surface area contributed by atoms with Crippen LogP contribution in [-0.4, -0.2) is 15.0 Å². The molecule has 0 saturated heterocycles. The van der Waals surface area contributed by atoms with E-state index in [4.69, 9.17) is 19.7 Å². The molecule has 51 heavy (non-hydrogen) atoms. The fourth-order valence-electron chi connectivity index (χ4n) is 7.61. The van der Waals surface area contributed by atoms with Crippen LogP contribution in [0.4, 0.5) is 0 Å². The van der Waals surface area contributed by atoms with E-state index < -0.39 is 5.41 Å². The van der Waals surface area contributed by atoms with Crippen molar-refractivity contribution in [3.8, 4) is 45.7 Å². The number of nitrogens with zero attached hydrogens (tertiary/aromatic N) is 3. The van der Waals surface area contributed by atoms with Crippen LogP contribution in [0.1, 0.15) is 22.3 Å². The molecule has 0 bridgehead atoms. The summed E-state index contributed by atoms with van der Waals surface area (Å²) < 4.78 is 9.45. The summed E-state index contributed by atoms with van der Waals surface area (Å²) in [5, 5.41) is 2.43. The quantitative estimate of drug-likeness (QED) is 0.183. The lowest BCUT2D eigenvalue weighted by Crippen LogP contribution is -2.34. The molecule has 0 fully saturated rings. The zero-order valence-electron chi connectivity index (χ0n) is 27.4. The van der Waals surface area contributed by atoms with Gasteiger partial charge in [-0.25, -0.2) is 15.0 Å². The molecular formula is C46H29N3OS. The average molecular weight is 672 g/mol. The second-order valence-electron chi connectivity index (χ2n) is 12.7. The Labute approximate surface area is 299 Å². The van der Waals surface area contributed by atoms with Crippen LogP contribution in [0.15, 0.2) is 176 Å². The number of fused-ring (bicyclic) bond motifs is 5. The molecule has 0 saturated carbocycles. The van der Waals surface area contributed by atoms with Gasteiger partial charge < -0.3 is 4.74 Å². The van der Waals surface area contributed by atoms with Crippen LogP contribution < -0.4 is 4.74 Å². The Morgan fingerprint density at radius 1 is 0.431 bits per heavy atom. The topological polar surface area (TPSA) is 47.9 Å². The molecule has 7 aromatic carbocycles. The first-order chi connectivity index (χ1) is 25.3. The van der Waals surface area contributed by atoms with E-state index in [1.807, 2.05) is 36.4 Å². The fraction of sp³-hybridized carbons (Fsp3) is 0.0217. The average Bonchev–Trinajstić information content (AvgIpc) is 3.59. The number of aromatic nitrogens is 3. The van der Waals surface area contributed by atoms with Crippen molar-refractivity contribution < 1.29 is 4.74 Å². The van der Waals surface area contributed by atoms with Gasteiger partial charge in [-0.1, -0.05) is 140 Å². The lowest BCUT2D eigenvalue weighted by molar-refractivity contribution is 0.436. The summed E-state index contributed by atoms with van der Waals surface area (Å²) >= 11 is 1.80. The van der Waals surface area contributed by atoms with Crippen molar-refractivity contribution in [3.63, 3.8) is 0 Å². The molecule has 0 aliphatic carbocycles. The van der Waals surface area contributed by atoms with Gasteiger partial charge in [-0.05, 0) is 47.5 Å². The Kier molecular flexibility index (Phi) is 6.86. The Balaban J connectivity index is 1.24. The normalized spacial score (nSPS) is 13.0. The monoisotopic (exact) mass is 671 g/mol. The molecule has 9 aromatic rings. The maximum atomic E-state index is 6.95. The predicted molar refractivity (Wildman–Crippen MR) is 207 cm³/mol. The molecule has 4 nitrogen and oxygen atoms in total. The first-order valence-corrected chi connectivity index (χ1v) is 17.8. The Bertz CT molecular complexity index is 2690. The summed E-state index contributed by atoms with van der Waals surface area (Å²) in [7, 11) is 0. The standard InChI is InChI=1S/C46H29N3OS/c1-4-15-30(16-5-1)43-47-44(31-27-28-41-36(29-31)34-21-10-13-26-40(34)51-41)49-45(48-43)35-22-14-24-38-42(35)50-39-25-12-11-23-37(39)46(38,32-17-6-2-7-18-32)33-19-8-3-9-20-33/h1-29H. The molecule has 10 rings (SSSR count). The minimum absolute atomic E-state index is 0.556. The van der Waals surface area contributed by atoms with Crippen molar-refractivity contribution in [3.05, 3.63) is 198 Å². The summed E-state index contributed by atoms with van der Waals surface area (Å²) in [6.07, 6.45) is 0. The van der Waals surface area contributed by atoms with Gasteiger partial charge in [-0.15, -0.1) is 11.3 Å². The highest BCUT2D eigenvalue weighted by atomic mass is 32.1. The Hall–Kier alpha value is -6.43. The van der Waals surface area contributed by atoms with Gasteiger partial charge in [0.1, 0.15) is 11.5 Å². The molecule has 1 aliphatic heterocycles. The van der Waals surface area contributed by atoms with E-state index in [0.29, 0.717) is 17.5 Å². The first kappa shape index (κ1) is 29.5. The van der Waals surface area contributed by atoms with Crippen LogP contribution in [0.2, 0.25) is 0 Å². The minimum Gasteiger partial charge on any atom is -0.456 e. The van der Waals surface area contributed by atoms with Gasteiger partial charge in [0.05, 0.1) is 11.0 Å². The summed E-state index contributed by atoms with van der Waals surface area (Å²) in [5.41, 5.74) is 6.45.